The summed E-state index contributed by atoms with van der Waals surface area (Å²) in [5, 5.41) is 0. The van der Waals surface area contributed by atoms with E-state index in [1.165, 1.54) is 6.92 Å². The predicted octanol–water partition coefficient (Wildman–Crippen LogP) is 1.60. The third kappa shape index (κ3) is 3.09. The molecule has 4 heteroatoms. The molecule has 1 aliphatic heterocycles. The molecule has 0 spiro atoms. The van der Waals surface area contributed by atoms with Crippen LogP contribution < -0.4 is 0 Å². The molecule has 0 radical (unpaired) electrons. The molecule has 0 saturated carbocycles. The van der Waals surface area contributed by atoms with E-state index in [9.17, 15) is 9.59 Å². The van der Waals surface area contributed by atoms with Crippen molar-refractivity contribution in [3.05, 3.63) is 35.9 Å². The molecule has 1 saturated heterocycles. The van der Waals surface area contributed by atoms with E-state index in [-0.39, 0.29) is 17.8 Å². The van der Waals surface area contributed by atoms with Gasteiger partial charge in [-0.1, -0.05) is 30.3 Å². The number of amides is 1. The molecule has 1 aromatic rings. The van der Waals surface area contributed by atoms with Crippen LogP contribution in [0.2, 0.25) is 0 Å². The molecule has 1 heterocycles. The van der Waals surface area contributed by atoms with Crippen molar-refractivity contribution in [2.24, 2.45) is 5.92 Å². The summed E-state index contributed by atoms with van der Waals surface area (Å²) in [6.45, 7) is 2.97. The van der Waals surface area contributed by atoms with Crippen LogP contribution in [0, 0.1) is 5.92 Å². The highest BCUT2D eigenvalue weighted by atomic mass is 16.5. The van der Waals surface area contributed by atoms with Crippen LogP contribution in [0.5, 0.6) is 0 Å². The number of carbonyl (C=O) groups is 2. The summed E-state index contributed by atoms with van der Waals surface area (Å²) < 4.78 is 5.26. The van der Waals surface area contributed by atoms with Gasteiger partial charge in [0.05, 0.1) is 5.92 Å². The average Bonchev–Trinajstić information content (AvgIpc) is 2.87. The number of benzene rings is 1. The topological polar surface area (TPSA) is 46.6 Å². The molecule has 2 rings (SSSR count). The van der Waals surface area contributed by atoms with Crippen molar-refractivity contribution in [1.29, 1.82) is 0 Å². The summed E-state index contributed by atoms with van der Waals surface area (Å²) in [5.74, 6) is -0.353. The van der Waals surface area contributed by atoms with E-state index >= 15 is 0 Å². The van der Waals surface area contributed by atoms with Crippen LogP contribution in [0.4, 0.5) is 0 Å². The van der Waals surface area contributed by atoms with Crippen molar-refractivity contribution in [2.75, 3.05) is 13.1 Å². The lowest BCUT2D eigenvalue weighted by atomic mass is 10.1. The molecule has 1 aromatic carbocycles. The van der Waals surface area contributed by atoms with Crippen molar-refractivity contribution >= 4 is 11.9 Å². The molecule has 1 atom stereocenters. The first kappa shape index (κ1) is 12.6. The lowest BCUT2D eigenvalue weighted by Gasteiger charge is -2.13. The van der Waals surface area contributed by atoms with E-state index < -0.39 is 0 Å². The van der Waals surface area contributed by atoms with Gasteiger partial charge in [0.1, 0.15) is 6.61 Å². The summed E-state index contributed by atoms with van der Waals surface area (Å²) in [4.78, 5) is 24.7. The van der Waals surface area contributed by atoms with Gasteiger partial charge in [0.15, 0.2) is 0 Å². The first-order chi connectivity index (χ1) is 8.66. The highest BCUT2D eigenvalue weighted by molar-refractivity contribution is 5.77. The smallest absolute Gasteiger partial charge is 0.311 e. The van der Waals surface area contributed by atoms with Gasteiger partial charge in [0.2, 0.25) is 5.91 Å². The molecule has 0 aromatic heterocycles. The van der Waals surface area contributed by atoms with Crippen LogP contribution >= 0.6 is 0 Å². The first-order valence-corrected chi connectivity index (χ1v) is 6.13. The summed E-state index contributed by atoms with van der Waals surface area (Å²) in [6, 6.07) is 9.59. The van der Waals surface area contributed by atoms with Gasteiger partial charge in [-0.2, -0.15) is 0 Å². The van der Waals surface area contributed by atoms with Gasteiger partial charge in [0, 0.05) is 20.0 Å². The Balaban J connectivity index is 1.81. The maximum absolute atomic E-state index is 11.8. The number of carbonyl (C=O) groups excluding carboxylic acids is 2. The van der Waals surface area contributed by atoms with Crippen LogP contribution in [0.3, 0.4) is 0 Å². The van der Waals surface area contributed by atoms with E-state index in [4.69, 9.17) is 4.74 Å². The molecule has 1 fully saturated rings. The zero-order chi connectivity index (χ0) is 13.0. The van der Waals surface area contributed by atoms with E-state index in [1.807, 2.05) is 30.3 Å². The number of likely N-dealkylation sites (tertiary alicyclic amines) is 1. The molecule has 18 heavy (non-hydrogen) atoms. The van der Waals surface area contributed by atoms with Crippen LogP contribution in [0.1, 0.15) is 18.9 Å². The number of ether oxygens (including phenoxy) is 1. The van der Waals surface area contributed by atoms with Crippen molar-refractivity contribution in [3.63, 3.8) is 0 Å². The summed E-state index contributed by atoms with van der Waals surface area (Å²) in [5.41, 5.74) is 0.979. The molecule has 1 amide bonds. The molecule has 0 aliphatic carbocycles. The highest BCUT2D eigenvalue weighted by Crippen LogP contribution is 2.18. The van der Waals surface area contributed by atoms with Crippen LogP contribution in [0.15, 0.2) is 30.3 Å². The number of hydrogen-bond acceptors (Lipinski definition) is 3. The lowest BCUT2D eigenvalue weighted by molar-refractivity contribution is -0.149. The quantitative estimate of drug-likeness (QED) is 0.762. The van der Waals surface area contributed by atoms with Gasteiger partial charge in [0.25, 0.3) is 0 Å². The Bertz CT molecular complexity index is 430. The van der Waals surface area contributed by atoms with Gasteiger partial charge < -0.3 is 9.64 Å². The Hall–Kier alpha value is -1.84. The largest absolute Gasteiger partial charge is 0.461 e. The fraction of sp³-hybridized carbons (Fsp3) is 0.429. The summed E-state index contributed by atoms with van der Waals surface area (Å²) in [6.07, 6.45) is 0.702. The van der Waals surface area contributed by atoms with Crippen molar-refractivity contribution in [1.82, 2.24) is 4.90 Å². The second kappa shape index (κ2) is 5.67. The number of rotatable bonds is 3. The molecule has 0 N–H and O–H groups in total. The molecular weight excluding hydrogens is 230 g/mol. The fourth-order valence-corrected chi connectivity index (χ4v) is 2.09. The van der Waals surface area contributed by atoms with E-state index in [2.05, 4.69) is 0 Å². The molecular formula is C14H17NO3. The molecule has 96 valence electrons. The minimum absolute atomic E-state index is 0.0216. The number of esters is 1. The molecule has 0 unspecified atom stereocenters. The van der Waals surface area contributed by atoms with Gasteiger partial charge in [-0.25, -0.2) is 0 Å². The van der Waals surface area contributed by atoms with Crippen molar-refractivity contribution in [3.8, 4) is 0 Å². The van der Waals surface area contributed by atoms with E-state index in [0.29, 0.717) is 26.1 Å². The second-order valence-corrected chi connectivity index (χ2v) is 4.54. The van der Waals surface area contributed by atoms with Gasteiger partial charge in [-0.3, -0.25) is 9.59 Å². The second-order valence-electron chi connectivity index (χ2n) is 4.54. The normalized spacial score (nSPS) is 18.7. The number of nitrogens with zero attached hydrogens (tertiary/aromatic N) is 1. The SMILES string of the molecule is CC(=O)N1CC[C@H](C(=O)OCc2ccccc2)C1. The minimum Gasteiger partial charge on any atom is -0.461 e. The monoisotopic (exact) mass is 247 g/mol. The maximum Gasteiger partial charge on any atom is 0.311 e. The first-order valence-electron chi connectivity index (χ1n) is 6.13. The van der Waals surface area contributed by atoms with Crippen LogP contribution in [-0.2, 0) is 20.9 Å². The fourth-order valence-electron chi connectivity index (χ4n) is 2.09. The third-order valence-corrected chi connectivity index (χ3v) is 3.19. The van der Waals surface area contributed by atoms with E-state index in [1.54, 1.807) is 4.90 Å². The average molecular weight is 247 g/mol. The lowest BCUT2D eigenvalue weighted by Crippen LogP contribution is -2.28. The van der Waals surface area contributed by atoms with Crippen molar-refractivity contribution < 1.29 is 14.3 Å². The zero-order valence-corrected chi connectivity index (χ0v) is 10.5. The molecule has 4 nitrogen and oxygen atoms in total. The van der Waals surface area contributed by atoms with Gasteiger partial charge in [-0.15, -0.1) is 0 Å². The van der Waals surface area contributed by atoms with Gasteiger partial charge >= 0.3 is 5.97 Å². The Labute approximate surface area is 107 Å². The summed E-state index contributed by atoms with van der Waals surface area (Å²) >= 11 is 0. The molecule has 1 aliphatic rings. The summed E-state index contributed by atoms with van der Waals surface area (Å²) in [7, 11) is 0. The Morgan fingerprint density at radius 2 is 2.06 bits per heavy atom. The Kier molecular flexibility index (Phi) is 3.97. The predicted molar refractivity (Wildman–Crippen MR) is 66.6 cm³/mol. The molecule has 0 bridgehead atoms. The highest BCUT2D eigenvalue weighted by Gasteiger charge is 2.30. The van der Waals surface area contributed by atoms with Crippen molar-refractivity contribution in [2.45, 2.75) is 20.0 Å². The number of hydrogen-bond donors (Lipinski definition) is 0. The van der Waals surface area contributed by atoms with Gasteiger partial charge in [-0.05, 0) is 12.0 Å². The Morgan fingerprint density at radius 3 is 2.67 bits per heavy atom. The maximum atomic E-state index is 11.8. The minimum atomic E-state index is -0.206. The van der Waals surface area contributed by atoms with Crippen LogP contribution in [-0.4, -0.2) is 29.9 Å². The standard InChI is InChI=1S/C14H17NO3/c1-11(16)15-8-7-13(9-15)14(17)18-10-12-5-3-2-4-6-12/h2-6,13H,7-10H2,1H3/t13-/m0/s1. The van der Waals surface area contributed by atoms with Crippen LogP contribution in [0.25, 0.3) is 0 Å². The Morgan fingerprint density at radius 1 is 1.33 bits per heavy atom. The zero-order valence-electron chi connectivity index (χ0n) is 10.5. The van der Waals surface area contributed by atoms with E-state index in [0.717, 1.165) is 5.56 Å². The third-order valence-electron chi connectivity index (χ3n) is 3.19.